The molecule has 2 atom stereocenters. The van der Waals surface area contributed by atoms with Gasteiger partial charge in [0.2, 0.25) is 5.91 Å². The number of nitrogens with one attached hydrogen (secondary N) is 2. The van der Waals surface area contributed by atoms with E-state index in [4.69, 9.17) is 9.47 Å². The molecule has 0 aromatic carbocycles. The summed E-state index contributed by atoms with van der Waals surface area (Å²) in [6, 6.07) is -0.265. The van der Waals surface area contributed by atoms with Crippen LogP contribution in [0.1, 0.15) is 40.5 Å². The van der Waals surface area contributed by atoms with Crippen LogP contribution in [0, 0.1) is 0 Å². The topological polar surface area (TPSA) is 79.9 Å². The molecule has 0 bridgehead atoms. The van der Waals surface area contributed by atoms with Crippen LogP contribution in [-0.4, -0.2) is 67.9 Å². The minimum atomic E-state index is -0.535. The molecule has 0 aromatic rings. The minimum absolute atomic E-state index is 0.0570. The zero-order chi connectivity index (χ0) is 17.5. The van der Waals surface area contributed by atoms with Crippen molar-refractivity contribution >= 4 is 12.0 Å². The van der Waals surface area contributed by atoms with Crippen molar-refractivity contribution in [3.05, 3.63) is 0 Å². The maximum absolute atomic E-state index is 12.0. The number of nitrogens with zero attached hydrogens (tertiary/aromatic N) is 1. The Balaban J connectivity index is 2.65. The van der Waals surface area contributed by atoms with E-state index < -0.39 is 11.7 Å². The summed E-state index contributed by atoms with van der Waals surface area (Å²) < 4.78 is 10.5. The molecule has 1 heterocycles. The van der Waals surface area contributed by atoms with Crippen LogP contribution in [0.5, 0.6) is 0 Å². The first kappa shape index (κ1) is 19.7. The maximum Gasteiger partial charge on any atom is 0.407 e. The third-order valence-electron chi connectivity index (χ3n) is 3.67. The Morgan fingerprint density at radius 2 is 2.17 bits per heavy atom. The molecule has 0 saturated carbocycles. The molecule has 0 aliphatic carbocycles. The lowest BCUT2D eigenvalue weighted by Gasteiger charge is -2.37. The highest BCUT2D eigenvalue weighted by Gasteiger charge is 2.30. The van der Waals surface area contributed by atoms with Crippen molar-refractivity contribution < 1.29 is 19.1 Å². The number of piperazine rings is 1. The van der Waals surface area contributed by atoms with E-state index in [1.165, 1.54) is 0 Å². The van der Waals surface area contributed by atoms with E-state index in [0.717, 1.165) is 13.0 Å². The van der Waals surface area contributed by atoms with Gasteiger partial charge in [-0.05, 0) is 33.6 Å². The summed E-state index contributed by atoms with van der Waals surface area (Å²) in [7, 11) is 1.63. The summed E-state index contributed by atoms with van der Waals surface area (Å²) in [6.07, 6.45) is 0.979. The smallest absolute Gasteiger partial charge is 0.407 e. The van der Waals surface area contributed by atoms with Crippen LogP contribution < -0.4 is 10.6 Å². The zero-order valence-corrected chi connectivity index (χ0v) is 15.0. The molecular formula is C16H31N3O4. The zero-order valence-electron chi connectivity index (χ0n) is 15.0. The average molecular weight is 329 g/mol. The van der Waals surface area contributed by atoms with Gasteiger partial charge in [0.05, 0.1) is 6.04 Å². The number of hydrogen-bond donors (Lipinski definition) is 2. The molecule has 1 rings (SSSR count). The van der Waals surface area contributed by atoms with E-state index in [1.807, 2.05) is 27.7 Å². The quantitative estimate of drug-likeness (QED) is 0.732. The van der Waals surface area contributed by atoms with Crippen molar-refractivity contribution in [3.8, 4) is 0 Å². The first-order chi connectivity index (χ1) is 10.8. The molecule has 1 saturated heterocycles. The first-order valence-electron chi connectivity index (χ1n) is 8.27. The Bertz CT molecular complexity index is 395. The minimum Gasteiger partial charge on any atom is -0.444 e. The average Bonchev–Trinajstić information content (AvgIpc) is 2.43. The van der Waals surface area contributed by atoms with Crippen LogP contribution in [0.2, 0.25) is 0 Å². The second-order valence-electron chi connectivity index (χ2n) is 6.83. The molecule has 0 unspecified atom stereocenters. The van der Waals surface area contributed by atoms with Crippen LogP contribution in [-0.2, 0) is 14.3 Å². The van der Waals surface area contributed by atoms with Crippen molar-refractivity contribution in [3.63, 3.8) is 0 Å². The van der Waals surface area contributed by atoms with Crippen molar-refractivity contribution in [1.29, 1.82) is 0 Å². The number of hydrogen-bond acceptors (Lipinski definition) is 5. The Hall–Kier alpha value is -1.34. The van der Waals surface area contributed by atoms with Crippen LogP contribution in [0.15, 0.2) is 0 Å². The van der Waals surface area contributed by atoms with Crippen molar-refractivity contribution in [2.45, 2.75) is 58.2 Å². The van der Waals surface area contributed by atoms with Crippen molar-refractivity contribution in [2.75, 3.05) is 33.4 Å². The van der Waals surface area contributed by atoms with Gasteiger partial charge in [-0.15, -0.1) is 0 Å². The van der Waals surface area contributed by atoms with Crippen LogP contribution in [0.25, 0.3) is 0 Å². The molecule has 7 nitrogen and oxygen atoms in total. The van der Waals surface area contributed by atoms with Gasteiger partial charge < -0.3 is 20.1 Å². The Morgan fingerprint density at radius 3 is 2.74 bits per heavy atom. The first-order valence-corrected chi connectivity index (χ1v) is 8.27. The second-order valence-corrected chi connectivity index (χ2v) is 6.83. The van der Waals surface area contributed by atoms with Gasteiger partial charge in [0.15, 0.2) is 0 Å². The summed E-state index contributed by atoms with van der Waals surface area (Å²) in [5.41, 5.74) is -0.535. The number of carbonyl (C=O) groups is 2. The number of ether oxygens (including phenoxy) is 2. The largest absolute Gasteiger partial charge is 0.444 e. The van der Waals surface area contributed by atoms with E-state index in [-0.39, 0.29) is 18.0 Å². The lowest BCUT2D eigenvalue weighted by molar-refractivity contribution is -0.129. The van der Waals surface area contributed by atoms with Crippen LogP contribution in [0.3, 0.4) is 0 Å². The SMILES string of the molecule is CC[C@H]1C(=O)NCCN1C[C@@H](CCOC)NC(=O)OC(C)(C)C. The highest BCUT2D eigenvalue weighted by molar-refractivity contribution is 5.82. The van der Waals surface area contributed by atoms with Gasteiger partial charge in [-0.25, -0.2) is 4.79 Å². The summed E-state index contributed by atoms with van der Waals surface area (Å²) in [5, 5.41) is 5.78. The fraction of sp³-hybridized carbons (Fsp3) is 0.875. The summed E-state index contributed by atoms with van der Waals surface area (Å²) in [4.78, 5) is 26.1. The normalized spacial score (nSPS) is 20.7. The molecule has 23 heavy (non-hydrogen) atoms. The summed E-state index contributed by atoms with van der Waals surface area (Å²) >= 11 is 0. The number of alkyl carbamates (subject to hydrolysis) is 1. The summed E-state index contributed by atoms with van der Waals surface area (Å²) in [6.45, 7) is 10.1. The van der Waals surface area contributed by atoms with Gasteiger partial charge in [0.25, 0.3) is 0 Å². The maximum atomic E-state index is 12.0. The highest BCUT2D eigenvalue weighted by Crippen LogP contribution is 2.12. The standard InChI is InChI=1S/C16H31N3O4/c1-6-13-14(20)17-8-9-19(13)11-12(7-10-22-5)18-15(21)23-16(2,3)4/h12-13H,6-11H2,1-5H3,(H,17,20)(H,18,21)/t12-,13+/m1/s1. The molecule has 0 radical (unpaired) electrons. The molecule has 0 aromatic heterocycles. The predicted molar refractivity (Wildman–Crippen MR) is 88.3 cm³/mol. The van der Waals surface area contributed by atoms with Crippen molar-refractivity contribution in [1.82, 2.24) is 15.5 Å². The monoisotopic (exact) mass is 329 g/mol. The number of carbonyl (C=O) groups excluding carboxylic acids is 2. The van der Waals surface area contributed by atoms with E-state index in [9.17, 15) is 9.59 Å². The van der Waals surface area contributed by atoms with Crippen LogP contribution >= 0.6 is 0 Å². The molecule has 1 aliphatic heterocycles. The lowest BCUT2D eigenvalue weighted by Crippen LogP contribution is -2.58. The van der Waals surface area contributed by atoms with Gasteiger partial charge in [-0.3, -0.25) is 9.69 Å². The van der Waals surface area contributed by atoms with Crippen molar-refractivity contribution in [2.24, 2.45) is 0 Å². The third kappa shape index (κ3) is 7.18. The Kier molecular flexibility index (Phi) is 7.78. The fourth-order valence-corrected chi connectivity index (χ4v) is 2.65. The molecule has 134 valence electrons. The lowest BCUT2D eigenvalue weighted by atomic mass is 10.1. The molecule has 2 N–H and O–H groups in total. The molecule has 1 aliphatic rings. The van der Waals surface area contributed by atoms with E-state index in [2.05, 4.69) is 15.5 Å². The van der Waals surface area contributed by atoms with E-state index in [0.29, 0.717) is 26.1 Å². The van der Waals surface area contributed by atoms with Gasteiger partial charge >= 0.3 is 6.09 Å². The summed E-state index contributed by atoms with van der Waals surface area (Å²) in [5.74, 6) is 0.0570. The Morgan fingerprint density at radius 1 is 1.48 bits per heavy atom. The number of methoxy groups -OCH3 is 1. The fourth-order valence-electron chi connectivity index (χ4n) is 2.65. The molecule has 1 fully saturated rings. The molecule has 7 heteroatoms. The molecule has 0 spiro atoms. The molecule has 2 amide bonds. The van der Waals surface area contributed by atoms with Gasteiger partial charge in [-0.2, -0.15) is 0 Å². The molecular weight excluding hydrogens is 298 g/mol. The number of rotatable bonds is 7. The van der Waals surface area contributed by atoms with E-state index >= 15 is 0 Å². The number of amides is 2. The van der Waals surface area contributed by atoms with Crippen LogP contribution in [0.4, 0.5) is 4.79 Å². The van der Waals surface area contributed by atoms with E-state index in [1.54, 1.807) is 7.11 Å². The van der Waals surface area contributed by atoms with Gasteiger partial charge in [0.1, 0.15) is 5.60 Å². The Labute approximate surface area is 139 Å². The van der Waals surface area contributed by atoms with Gasteiger partial charge in [0, 0.05) is 39.4 Å². The highest BCUT2D eigenvalue weighted by atomic mass is 16.6. The van der Waals surface area contributed by atoms with Gasteiger partial charge in [-0.1, -0.05) is 6.92 Å². The second kappa shape index (κ2) is 9.08. The third-order valence-corrected chi connectivity index (χ3v) is 3.67. The predicted octanol–water partition coefficient (Wildman–Crippen LogP) is 1.13.